The SMILES string of the molecule is CCOC(=O)C1C(c2ccc(OC)c(OC)c2)C2(C(=O)c3ccccc3C2=O)C2C=Cc3ccccc3N12. The van der Waals surface area contributed by atoms with Gasteiger partial charge in [0.05, 0.1) is 26.9 Å². The van der Waals surface area contributed by atoms with Crippen LogP contribution >= 0.6 is 0 Å². The fraction of sp³-hybridized carbons (Fsp3) is 0.258. The molecule has 1 saturated heterocycles. The molecule has 192 valence electrons. The van der Waals surface area contributed by atoms with Crippen LogP contribution < -0.4 is 14.4 Å². The zero-order valence-electron chi connectivity index (χ0n) is 21.3. The molecule has 2 aliphatic heterocycles. The number of nitrogens with zero attached hydrogens (tertiary/aromatic N) is 1. The minimum absolute atomic E-state index is 0.166. The molecular formula is C31H27NO6. The Morgan fingerprint density at radius 1 is 0.895 bits per heavy atom. The first-order valence-corrected chi connectivity index (χ1v) is 12.6. The van der Waals surface area contributed by atoms with Gasteiger partial charge < -0.3 is 19.1 Å². The van der Waals surface area contributed by atoms with E-state index in [1.165, 1.54) is 7.11 Å². The molecule has 1 fully saturated rings. The predicted octanol–water partition coefficient (Wildman–Crippen LogP) is 4.70. The smallest absolute Gasteiger partial charge is 0.329 e. The van der Waals surface area contributed by atoms with Crippen LogP contribution in [0, 0.1) is 5.41 Å². The van der Waals surface area contributed by atoms with E-state index in [0.29, 0.717) is 28.2 Å². The van der Waals surface area contributed by atoms with Gasteiger partial charge in [-0.15, -0.1) is 0 Å². The number of methoxy groups -OCH3 is 2. The van der Waals surface area contributed by atoms with E-state index in [9.17, 15) is 14.4 Å². The van der Waals surface area contributed by atoms with E-state index in [1.54, 1.807) is 56.5 Å². The van der Waals surface area contributed by atoms with E-state index in [2.05, 4.69) is 0 Å². The summed E-state index contributed by atoms with van der Waals surface area (Å²) in [4.78, 5) is 44.7. The Labute approximate surface area is 220 Å². The van der Waals surface area contributed by atoms with Crippen molar-refractivity contribution in [3.63, 3.8) is 0 Å². The number of rotatable bonds is 5. The summed E-state index contributed by atoms with van der Waals surface area (Å²) in [5.74, 6) is -0.969. The molecular weight excluding hydrogens is 482 g/mol. The Kier molecular flexibility index (Phi) is 5.60. The van der Waals surface area contributed by atoms with Crippen LogP contribution in [0.5, 0.6) is 11.5 Å². The van der Waals surface area contributed by atoms with E-state index >= 15 is 0 Å². The van der Waals surface area contributed by atoms with Crippen LogP contribution in [0.3, 0.4) is 0 Å². The summed E-state index contributed by atoms with van der Waals surface area (Å²) < 4.78 is 16.6. The number of carbonyl (C=O) groups excluding carboxylic acids is 3. The number of fused-ring (bicyclic) bond motifs is 5. The zero-order chi connectivity index (χ0) is 26.6. The second-order valence-electron chi connectivity index (χ2n) is 9.63. The third-order valence-electron chi connectivity index (χ3n) is 8.01. The van der Waals surface area contributed by atoms with E-state index < -0.39 is 29.4 Å². The molecule has 2 heterocycles. The lowest BCUT2D eigenvalue weighted by Crippen LogP contribution is -2.48. The van der Waals surface area contributed by atoms with Crippen LogP contribution in [0.2, 0.25) is 0 Å². The maximum Gasteiger partial charge on any atom is 0.329 e. The van der Waals surface area contributed by atoms with Crippen molar-refractivity contribution >= 4 is 29.3 Å². The minimum Gasteiger partial charge on any atom is -0.493 e. The topological polar surface area (TPSA) is 82.1 Å². The van der Waals surface area contributed by atoms with Crippen LogP contribution in [0.1, 0.15) is 44.7 Å². The summed E-state index contributed by atoms with van der Waals surface area (Å²) in [6, 6.07) is 18.2. The Balaban J connectivity index is 1.68. The largest absolute Gasteiger partial charge is 0.493 e. The Bertz CT molecular complexity index is 1470. The van der Waals surface area contributed by atoms with Crippen LogP contribution in [0.25, 0.3) is 6.08 Å². The third-order valence-corrected chi connectivity index (χ3v) is 8.01. The van der Waals surface area contributed by atoms with Crippen LogP contribution in [-0.4, -0.2) is 50.4 Å². The number of ketones is 2. The summed E-state index contributed by atoms with van der Waals surface area (Å²) in [7, 11) is 3.07. The summed E-state index contributed by atoms with van der Waals surface area (Å²) in [5.41, 5.74) is 1.47. The summed E-state index contributed by atoms with van der Waals surface area (Å²) in [6.07, 6.45) is 3.82. The maximum absolute atomic E-state index is 14.5. The molecule has 1 spiro atoms. The molecule has 3 unspecified atom stereocenters. The quantitative estimate of drug-likeness (QED) is 0.364. The van der Waals surface area contributed by atoms with Gasteiger partial charge in [-0.1, -0.05) is 60.7 Å². The van der Waals surface area contributed by atoms with E-state index in [1.807, 2.05) is 41.3 Å². The predicted molar refractivity (Wildman–Crippen MR) is 142 cm³/mol. The number of hydrogen-bond donors (Lipinski definition) is 0. The molecule has 3 aliphatic rings. The number of anilines is 1. The van der Waals surface area contributed by atoms with Crippen molar-refractivity contribution in [3.05, 3.63) is 95.1 Å². The lowest BCUT2D eigenvalue weighted by Gasteiger charge is -2.36. The van der Waals surface area contributed by atoms with Crippen molar-refractivity contribution in [2.24, 2.45) is 5.41 Å². The number of carbonyl (C=O) groups is 3. The van der Waals surface area contributed by atoms with Crippen LogP contribution in [0.15, 0.2) is 72.8 Å². The van der Waals surface area contributed by atoms with Gasteiger partial charge in [-0.2, -0.15) is 0 Å². The summed E-state index contributed by atoms with van der Waals surface area (Å²) in [6.45, 7) is 1.91. The Morgan fingerprint density at radius 3 is 2.21 bits per heavy atom. The lowest BCUT2D eigenvalue weighted by molar-refractivity contribution is -0.145. The fourth-order valence-corrected chi connectivity index (χ4v) is 6.54. The van der Waals surface area contributed by atoms with Crippen molar-refractivity contribution in [1.29, 1.82) is 0 Å². The van der Waals surface area contributed by atoms with Crippen LogP contribution in [-0.2, 0) is 9.53 Å². The first kappa shape index (κ1) is 24.0. The normalized spacial score (nSPS) is 22.2. The Morgan fingerprint density at radius 2 is 1.55 bits per heavy atom. The summed E-state index contributed by atoms with van der Waals surface area (Å²) >= 11 is 0. The number of ether oxygens (including phenoxy) is 3. The molecule has 0 saturated carbocycles. The number of para-hydroxylation sites is 1. The molecule has 0 bridgehead atoms. The van der Waals surface area contributed by atoms with E-state index in [4.69, 9.17) is 14.2 Å². The minimum atomic E-state index is -1.58. The fourth-order valence-electron chi connectivity index (χ4n) is 6.54. The molecule has 7 nitrogen and oxygen atoms in total. The average Bonchev–Trinajstić information content (AvgIpc) is 3.39. The highest BCUT2D eigenvalue weighted by Gasteiger charge is 2.72. The van der Waals surface area contributed by atoms with Gasteiger partial charge >= 0.3 is 5.97 Å². The molecule has 3 aromatic rings. The third kappa shape index (κ3) is 3.05. The molecule has 0 radical (unpaired) electrons. The number of esters is 1. The lowest BCUT2D eigenvalue weighted by atomic mass is 9.64. The van der Waals surface area contributed by atoms with Gasteiger partial charge in [0.25, 0.3) is 0 Å². The van der Waals surface area contributed by atoms with Crippen molar-refractivity contribution in [2.75, 3.05) is 25.7 Å². The van der Waals surface area contributed by atoms with E-state index in [0.717, 1.165) is 11.3 Å². The molecule has 3 atom stereocenters. The van der Waals surface area contributed by atoms with Gasteiger partial charge in [0, 0.05) is 22.7 Å². The van der Waals surface area contributed by atoms with Gasteiger partial charge in [-0.25, -0.2) is 4.79 Å². The summed E-state index contributed by atoms with van der Waals surface area (Å²) in [5, 5.41) is 0. The molecule has 1 aliphatic carbocycles. The molecule has 6 rings (SSSR count). The molecule has 38 heavy (non-hydrogen) atoms. The standard InChI is InChI=1S/C31H27NO6/c1-4-38-30(35)27-26(19-13-15-23(36-2)24(17-19)37-3)31(28(33)20-10-6-7-11-21(20)29(31)34)25-16-14-18-9-5-8-12-22(18)32(25)27/h5-17,25-27H,4H2,1-3H3. The molecule has 0 N–H and O–H groups in total. The van der Waals surface area contributed by atoms with Crippen molar-refractivity contribution in [3.8, 4) is 11.5 Å². The second-order valence-corrected chi connectivity index (χ2v) is 9.63. The second kappa shape index (κ2) is 8.87. The highest BCUT2D eigenvalue weighted by atomic mass is 16.5. The average molecular weight is 510 g/mol. The van der Waals surface area contributed by atoms with Crippen molar-refractivity contribution < 1.29 is 28.6 Å². The van der Waals surface area contributed by atoms with Crippen LogP contribution in [0.4, 0.5) is 5.69 Å². The number of hydrogen-bond acceptors (Lipinski definition) is 7. The highest BCUT2D eigenvalue weighted by Crippen LogP contribution is 2.61. The van der Waals surface area contributed by atoms with E-state index in [-0.39, 0.29) is 18.2 Å². The van der Waals surface area contributed by atoms with Crippen molar-refractivity contribution in [2.45, 2.75) is 24.9 Å². The van der Waals surface area contributed by atoms with Gasteiger partial charge in [0.1, 0.15) is 11.5 Å². The molecule has 0 aromatic heterocycles. The monoisotopic (exact) mass is 509 g/mol. The zero-order valence-corrected chi connectivity index (χ0v) is 21.3. The highest BCUT2D eigenvalue weighted by molar-refractivity contribution is 6.32. The molecule has 3 aromatic carbocycles. The number of benzene rings is 3. The maximum atomic E-state index is 14.5. The van der Waals surface area contributed by atoms with Gasteiger partial charge in [0.2, 0.25) is 0 Å². The molecule has 0 amide bonds. The van der Waals surface area contributed by atoms with Gasteiger partial charge in [-0.05, 0) is 36.2 Å². The van der Waals surface area contributed by atoms with Crippen molar-refractivity contribution in [1.82, 2.24) is 0 Å². The molecule has 7 heteroatoms. The Hall–Kier alpha value is -4.39. The first-order valence-electron chi connectivity index (χ1n) is 12.6. The first-order chi connectivity index (χ1) is 18.5. The number of Topliss-reactive ketones (excluding diaryl/α,β-unsaturated/α-hetero) is 2. The van der Waals surface area contributed by atoms with Gasteiger partial charge in [-0.3, -0.25) is 9.59 Å². The van der Waals surface area contributed by atoms with Gasteiger partial charge in [0.15, 0.2) is 23.1 Å².